The van der Waals surface area contributed by atoms with E-state index in [2.05, 4.69) is 48.8 Å². The number of hydrogen-bond acceptors (Lipinski definition) is 2. The van der Waals surface area contributed by atoms with Gasteiger partial charge in [-0.05, 0) is 56.7 Å². The zero-order valence-corrected chi connectivity index (χ0v) is 14.5. The third kappa shape index (κ3) is 4.10. The standard InChI is InChI=1S/C18H19BrO3/c1-18(2,3)14-8-9-16(15(19)10-14)22-11-12-4-6-13(7-5-12)17(20)21/h4-10H,11H2,1-3H3,(H,20,21). The lowest BCUT2D eigenvalue weighted by Crippen LogP contribution is -2.11. The zero-order valence-electron chi connectivity index (χ0n) is 12.9. The van der Waals surface area contributed by atoms with E-state index in [0.29, 0.717) is 6.61 Å². The predicted octanol–water partition coefficient (Wildman–Crippen LogP) is 5.02. The van der Waals surface area contributed by atoms with E-state index >= 15 is 0 Å². The Bertz CT molecular complexity index is 670. The van der Waals surface area contributed by atoms with Gasteiger partial charge in [0.1, 0.15) is 12.4 Å². The van der Waals surface area contributed by atoms with E-state index in [1.54, 1.807) is 24.3 Å². The van der Waals surface area contributed by atoms with E-state index in [1.165, 1.54) is 5.56 Å². The maximum absolute atomic E-state index is 10.8. The van der Waals surface area contributed by atoms with E-state index in [1.807, 2.05) is 6.07 Å². The largest absolute Gasteiger partial charge is 0.488 e. The summed E-state index contributed by atoms with van der Waals surface area (Å²) in [6, 6.07) is 12.8. The first-order valence-corrected chi connectivity index (χ1v) is 7.82. The Labute approximate surface area is 139 Å². The van der Waals surface area contributed by atoms with Crippen LogP contribution >= 0.6 is 15.9 Å². The second-order valence-electron chi connectivity index (χ2n) is 6.19. The van der Waals surface area contributed by atoms with E-state index in [4.69, 9.17) is 9.84 Å². The number of hydrogen-bond donors (Lipinski definition) is 1. The van der Waals surface area contributed by atoms with Crippen LogP contribution in [0.2, 0.25) is 0 Å². The fourth-order valence-corrected chi connectivity index (χ4v) is 2.48. The highest BCUT2D eigenvalue weighted by molar-refractivity contribution is 9.10. The third-order valence-electron chi connectivity index (χ3n) is 3.39. The van der Waals surface area contributed by atoms with Crippen LogP contribution in [0.25, 0.3) is 0 Å². The van der Waals surface area contributed by atoms with Gasteiger partial charge in [-0.25, -0.2) is 4.79 Å². The van der Waals surface area contributed by atoms with E-state index in [9.17, 15) is 4.79 Å². The smallest absolute Gasteiger partial charge is 0.335 e. The molecule has 3 nitrogen and oxygen atoms in total. The molecule has 2 rings (SSSR count). The number of rotatable bonds is 4. The molecule has 0 saturated carbocycles. The minimum Gasteiger partial charge on any atom is -0.488 e. The summed E-state index contributed by atoms with van der Waals surface area (Å²) < 4.78 is 6.72. The van der Waals surface area contributed by atoms with E-state index in [-0.39, 0.29) is 11.0 Å². The van der Waals surface area contributed by atoms with Crippen molar-refractivity contribution in [3.63, 3.8) is 0 Å². The van der Waals surface area contributed by atoms with Crippen LogP contribution in [0.5, 0.6) is 5.75 Å². The van der Waals surface area contributed by atoms with Gasteiger partial charge in [-0.15, -0.1) is 0 Å². The number of ether oxygens (including phenoxy) is 1. The molecule has 22 heavy (non-hydrogen) atoms. The Morgan fingerprint density at radius 2 is 1.77 bits per heavy atom. The molecule has 4 heteroatoms. The molecule has 1 N–H and O–H groups in total. The second-order valence-corrected chi connectivity index (χ2v) is 7.04. The fraction of sp³-hybridized carbons (Fsp3) is 0.278. The van der Waals surface area contributed by atoms with Gasteiger partial charge >= 0.3 is 5.97 Å². The lowest BCUT2D eigenvalue weighted by molar-refractivity contribution is 0.0697. The molecular weight excluding hydrogens is 344 g/mol. The van der Waals surface area contributed by atoms with Crippen molar-refractivity contribution >= 4 is 21.9 Å². The average Bonchev–Trinajstić information content (AvgIpc) is 2.45. The van der Waals surface area contributed by atoms with E-state index in [0.717, 1.165) is 15.8 Å². The molecule has 0 radical (unpaired) electrons. The molecule has 2 aromatic carbocycles. The molecule has 0 fully saturated rings. The number of carboxylic acid groups (broad SMARTS) is 1. The Kier molecular flexibility index (Phi) is 4.91. The van der Waals surface area contributed by atoms with Crippen LogP contribution in [0, 0.1) is 0 Å². The van der Waals surface area contributed by atoms with Crippen LogP contribution in [0.1, 0.15) is 42.3 Å². The summed E-state index contributed by atoms with van der Waals surface area (Å²) in [7, 11) is 0. The lowest BCUT2D eigenvalue weighted by Gasteiger charge is -2.20. The topological polar surface area (TPSA) is 46.5 Å². The monoisotopic (exact) mass is 362 g/mol. The average molecular weight is 363 g/mol. The molecule has 0 heterocycles. The van der Waals surface area contributed by atoms with Crippen molar-refractivity contribution in [3.8, 4) is 5.75 Å². The van der Waals surface area contributed by atoms with Crippen molar-refractivity contribution in [2.45, 2.75) is 32.8 Å². The number of benzene rings is 2. The van der Waals surface area contributed by atoms with Crippen molar-refractivity contribution < 1.29 is 14.6 Å². The molecule has 0 amide bonds. The van der Waals surface area contributed by atoms with Crippen molar-refractivity contribution in [1.82, 2.24) is 0 Å². The first-order valence-electron chi connectivity index (χ1n) is 7.02. The van der Waals surface area contributed by atoms with Gasteiger partial charge in [0.05, 0.1) is 10.0 Å². The van der Waals surface area contributed by atoms with Crippen molar-refractivity contribution in [2.75, 3.05) is 0 Å². The van der Waals surface area contributed by atoms with Gasteiger partial charge in [0, 0.05) is 0 Å². The number of carbonyl (C=O) groups is 1. The highest BCUT2D eigenvalue weighted by Gasteiger charge is 2.15. The molecule has 0 aliphatic rings. The van der Waals surface area contributed by atoms with Crippen LogP contribution in [-0.4, -0.2) is 11.1 Å². The number of carboxylic acids is 1. The van der Waals surface area contributed by atoms with Gasteiger partial charge in [0.2, 0.25) is 0 Å². The van der Waals surface area contributed by atoms with Crippen molar-refractivity contribution in [1.29, 1.82) is 0 Å². The van der Waals surface area contributed by atoms with Crippen LogP contribution in [-0.2, 0) is 12.0 Å². The maximum atomic E-state index is 10.8. The minimum absolute atomic E-state index is 0.0910. The molecule has 0 aliphatic carbocycles. The van der Waals surface area contributed by atoms with Gasteiger partial charge in [-0.2, -0.15) is 0 Å². The molecule has 2 aromatic rings. The van der Waals surface area contributed by atoms with Gasteiger partial charge in [0.15, 0.2) is 0 Å². The third-order valence-corrected chi connectivity index (χ3v) is 4.01. The highest BCUT2D eigenvalue weighted by Crippen LogP contribution is 2.31. The van der Waals surface area contributed by atoms with Crippen LogP contribution < -0.4 is 4.74 Å². The maximum Gasteiger partial charge on any atom is 0.335 e. The fourth-order valence-electron chi connectivity index (χ4n) is 1.99. The highest BCUT2D eigenvalue weighted by atomic mass is 79.9. The molecular formula is C18H19BrO3. The molecule has 0 aromatic heterocycles. The summed E-state index contributed by atoms with van der Waals surface area (Å²) >= 11 is 3.54. The Balaban J connectivity index is 2.07. The molecule has 0 spiro atoms. The molecule has 0 aliphatic heterocycles. The summed E-state index contributed by atoms with van der Waals surface area (Å²) in [5.41, 5.74) is 2.53. The predicted molar refractivity (Wildman–Crippen MR) is 90.6 cm³/mol. The zero-order chi connectivity index (χ0) is 16.3. The minimum atomic E-state index is -0.923. The summed E-state index contributed by atoms with van der Waals surface area (Å²) in [5, 5.41) is 8.87. The molecule has 0 bridgehead atoms. The Hall–Kier alpha value is -1.81. The summed E-state index contributed by atoms with van der Waals surface area (Å²) in [6.45, 7) is 6.89. The SMILES string of the molecule is CC(C)(C)c1ccc(OCc2ccc(C(=O)O)cc2)c(Br)c1. The summed E-state index contributed by atoms with van der Waals surface area (Å²) in [5.74, 6) is -0.150. The van der Waals surface area contributed by atoms with Crippen LogP contribution in [0.3, 0.4) is 0 Å². The van der Waals surface area contributed by atoms with Gasteiger partial charge in [-0.3, -0.25) is 0 Å². The second kappa shape index (κ2) is 6.53. The summed E-state index contributed by atoms with van der Waals surface area (Å²) in [6.07, 6.45) is 0. The Morgan fingerprint density at radius 1 is 1.14 bits per heavy atom. The van der Waals surface area contributed by atoms with Crippen LogP contribution in [0.15, 0.2) is 46.9 Å². The quantitative estimate of drug-likeness (QED) is 0.829. The first kappa shape index (κ1) is 16.6. The van der Waals surface area contributed by atoms with Gasteiger partial charge < -0.3 is 9.84 Å². The van der Waals surface area contributed by atoms with E-state index < -0.39 is 5.97 Å². The molecule has 0 unspecified atom stereocenters. The van der Waals surface area contributed by atoms with Gasteiger partial charge in [-0.1, -0.05) is 39.0 Å². The van der Waals surface area contributed by atoms with Crippen molar-refractivity contribution in [3.05, 3.63) is 63.6 Å². The van der Waals surface area contributed by atoms with Crippen LogP contribution in [0.4, 0.5) is 0 Å². The summed E-state index contributed by atoms with van der Waals surface area (Å²) in [4.78, 5) is 10.8. The lowest BCUT2D eigenvalue weighted by atomic mass is 9.87. The molecule has 0 saturated heterocycles. The Morgan fingerprint density at radius 3 is 2.27 bits per heavy atom. The first-order chi connectivity index (χ1) is 10.3. The van der Waals surface area contributed by atoms with Crippen molar-refractivity contribution in [2.24, 2.45) is 0 Å². The number of aromatic carboxylic acids is 1. The normalized spacial score (nSPS) is 11.3. The molecule has 0 atom stereocenters. The number of halogens is 1. The molecule has 116 valence electrons. The van der Waals surface area contributed by atoms with Gasteiger partial charge in [0.25, 0.3) is 0 Å².